The number of thiazole rings is 1. The number of halogens is 3. The quantitative estimate of drug-likeness (QED) is 0.199. The first-order chi connectivity index (χ1) is 19.3. The number of alkyl halides is 3. The van der Waals surface area contributed by atoms with Gasteiger partial charge in [0, 0.05) is 17.5 Å². The third-order valence-electron chi connectivity index (χ3n) is 6.08. The van der Waals surface area contributed by atoms with Gasteiger partial charge in [-0.1, -0.05) is 54.6 Å². The first kappa shape index (κ1) is 27.0. The Kier molecular flexibility index (Phi) is 7.88. The number of para-hydroxylation sites is 2. The average Bonchev–Trinajstić information content (AvgIpc) is 3.65. The normalized spacial score (nSPS) is 11.3. The second-order valence-electron chi connectivity index (χ2n) is 8.79. The number of rotatable bonds is 9. The number of benzene rings is 3. The minimum Gasteiger partial charge on any atom is -0.495 e. The summed E-state index contributed by atoms with van der Waals surface area (Å²) in [5, 5.41) is 5.30. The number of methoxy groups -OCH3 is 1. The molecule has 6 nitrogen and oxygen atoms in total. The van der Waals surface area contributed by atoms with Gasteiger partial charge in [-0.15, -0.1) is 11.3 Å². The lowest BCUT2D eigenvalue weighted by molar-refractivity contribution is -0.137. The van der Waals surface area contributed by atoms with Gasteiger partial charge in [0.05, 0.1) is 30.6 Å². The molecule has 3 aromatic carbocycles. The fourth-order valence-electron chi connectivity index (χ4n) is 4.11. The molecule has 0 spiro atoms. The van der Waals surface area contributed by atoms with E-state index in [9.17, 15) is 18.0 Å². The number of amides is 1. The largest absolute Gasteiger partial charge is 0.495 e. The summed E-state index contributed by atoms with van der Waals surface area (Å²) in [6.07, 6.45) is -4.46. The average molecular weight is 564 g/mol. The minimum absolute atomic E-state index is 0.0473. The predicted molar refractivity (Wildman–Crippen MR) is 148 cm³/mol. The van der Waals surface area contributed by atoms with Gasteiger partial charge in [0.1, 0.15) is 11.5 Å². The highest BCUT2D eigenvalue weighted by Crippen LogP contribution is 2.38. The number of carbonyl (C=O) groups excluding carboxylic acids is 1. The SMILES string of the molecule is COc1ccccc1N(Cc1ccc(C(=O)NCc2cccc(C(F)(F)F)c2)o1)c1nc(-c2ccccc2)cs1. The summed E-state index contributed by atoms with van der Waals surface area (Å²) < 4.78 is 50.5. The van der Waals surface area contributed by atoms with Crippen molar-refractivity contribution in [3.8, 4) is 17.0 Å². The van der Waals surface area contributed by atoms with Crippen LogP contribution in [-0.4, -0.2) is 18.0 Å². The molecule has 0 radical (unpaired) electrons. The molecule has 5 rings (SSSR count). The highest BCUT2D eigenvalue weighted by Gasteiger charge is 2.30. The molecule has 0 atom stereocenters. The van der Waals surface area contributed by atoms with Crippen LogP contribution in [-0.2, 0) is 19.3 Å². The summed E-state index contributed by atoms with van der Waals surface area (Å²) in [7, 11) is 1.59. The highest BCUT2D eigenvalue weighted by molar-refractivity contribution is 7.14. The number of nitrogens with zero attached hydrogens (tertiary/aromatic N) is 2. The molecule has 1 N–H and O–H groups in total. The minimum atomic E-state index is -4.46. The van der Waals surface area contributed by atoms with E-state index >= 15 is 0 Å². The summed E-state index contributed by atoms with van der Waals surface area (Å²) in [4.78, 5) is 19.5. The topological polar surface area (TPSA) is 67.6 Å². The zero-order valence-electron chi connectivity index (χ0n) is 21.3. The molecule has 0 fully saturated rings. The van der Waals surface area contributed by atoms with Crippen molar-refractivity contribution in [3.63, 3.8) is 0 Å². The van der Waals surface area contributed by atoms with Crippen LogP contribution < -0.4 is 15.0 Å². The maximum absolute atomic E-state index is 13.0. The highest BCUT2D eigenvalue weighted by atomic mass is 32.1. The van der Waals surface area contributed by atoms with E-state index in [0.717, 1.165) is 29.1 Å². The Bertz CT molecular complexity index is 1600. The smallest absolute Gasteiger partial charge is 0.416 e. The van der Waals surface area contributed by atoms with Crippen LogP contribution in [0.15, 0.2) is 101 Å². The molecule has 5 aromatic rings. The van der Waals surface area contributed by atoms with Crippen LogP contribution in [0.1, 0.15) is 27.4 Å². The summed E-state index contributed by atoms with van der Waals surface area (Å²) in [5.41, 5.74) is 2.15. The van der Waals surface area contributed by atoms with Crippen LogP contribution in [0, 0.1) is 0 Å². The molecule has 40 heavy (non-hydrogen) atoms. The van der Waals surface area contributed by atoms with E-state index in [1.807, 2.05) is 64.9 Å². The van der Waals surface area contributed by atoms with Crippen molar-refractivity contribution in [2.45, 2.75) is 19.3 Å². The fraction of sp³-hybridized carbons (Fsp3) is 0.133. The summed E-state index contributed by atoms with van der Waals surface area (Å²) in [5.74, 6) is 0.648. The molecule has 0 bridgehead atoms. The Morgan fingerprint density at radius 2 is 1.77 bits per heavy atom. The van der Waals surface area contributed by atoms with E-state index in [0.29, 0.717) is 22.2 Å². The van der Waals surface area contributed by atoms with Gasteiger partial charge in [-0.3, -0.25) is 4.79 Å². The van der Waals surface area contributed by atoms with Crippen LogP contribution in [0.4, 0.5) is 24.0 Å². The molecular formula is C30H24F3N3O3S. The first-order valence-corrected chi connectivity index (χ1v) is 13.1. The maximum atomic E-state index is 13.0. The lowest BCUT2D eigenvalue weighted by Gasteiger charge is -2.23. The Balaban J connectivity index is 1.35. The standard InChI is InChI=1S/C30H24F3N3O3S/c1-38-26-13-6-5-12-25(26)36(29-35-24(19-40-29)21-9-3-2-4-10-21)18-23-14-15-27(39-23)28(37)34-17-20-8-7-11-22(16-20)30(31,32)33/h2-16,19H,17-18H2,1H3,(H,34,37). The lowest BCUT2D eigenvalue weighted by Crippen LogP contribution is -2.22. The van der Waals surface area contributed by atoms with Gasteiger partial charge >= 0.3 is 6.18 Å². The van der Waals surface area contributed by atoms with Gasteiger partial charge in [-0.05, 0) is 42.0 Å². The molecular weight excluding hydrogens is 539 g/mol. The second-order valence-corrected chi connectivity index (χ2v) is 9.62. The molecule has 2 heterocycles. The van der Waals surface area contributed by atoms with E-state index < -0.39 is 17.6 Å². The van der Waals surface area contributed by atoms with Crippen molar-refractivity contribution in [2.75, 3.05) is 12.0 Å². The van der Waals surface area contributed by atoms with Crippen molar-refractivity contribution in [2.24, 2.45) is 0 Å². The van der Waals surface area contributed by atoms with Crippen molar-refractivity contribution in [3.05, 3.63) is 119 Å². The Morgan fingerprint density at radius 1 is 1.00 bits per heavy atom. The van der Waals surface area contributed by atoms with E-state index in [-0.39, 0.29) is 18.8 Å². The molecule has 204 valence electrons. The van der Waals surface area contributed by atoms with E-state index in [1.54, 1.807) is 13.2 Å². The summed E-state index contributed by atoms with van der Waals surface area (Å²) in [6.45, 7) is 0.177. The number of aromatic nitrogens is 1. The van der Waals surface area contributed by atoms with E-state index in [2.05, 4.69) is 5.32 Å². The van der Waals surface area contributed by atoms with Gasteiger partial charge < -0.3 is 19.4 Å². The van der Waals surface area contributed by atoms with Crippen molar-refractivity contribution >= 4 is 28.1 Å². The summed E-state index contributed by atoms with van der Waals surface area (Å²) >= 11 is 1.47. The Morgan fingerprint density at radius 3 is 2.55 bits per heavy atom. The van der Waals surface area contributed by atoms with Crippen LogP contribution in [0.3, 0.4) is 0 Å². The third-order valence-corrected chi connectivity index (χ3v) is 6.94. The van der Waals surface area contributed by atoms with E-state index in [1.165, 1.54) is 29.5 Å². The second kappa shape index (κ2) is 11.7. The number of carbonyl (C=O) groups is 1. The van der Waals surface area contributed by atoms with Gasteiger partial charge in [0.2, 0.25) is 0 Å². The zero-order valence-corrected chi connectivity index (χ0v) is 22.1. The number of anilines is 2. The number of furan rings is 1. The van der Waals surface area contributed by atoms with Gasteiger partial charge in [0.25, 0.3) is 5.91 Å². The third kappa shape index (κ3) is 6.18. The van der Waals surface area contributed by atoms with Gasteiger partial charge in [-0.25, -0.2) is 4.98 Å². The van der Waals surface area contributed by atoms with Crippen LogP contribution in [0.25, 0.3) is 11.3 Å². The molecule has 0 aliphatic carbocycles. The number of nitrogens with one attached hydrogen (secondary N) is 1. The van der Waals surface area contributed by atoms with Crippen LogP contribution in [0.5, 0.6) is 5.75 Å². The first-order valence-electron chi connectivity index (χ1n) is 12.3. The van der Waals surface area contributed by atoms with Crippen LogP contribution in [0.2, 0.25) is 0 Å². The number of hydrogen-bond acceptors (Lipinski definition) is 6. The van der Waals surface area contributed by atoms with E-state index in [4.69, 9.17) is 14.1 Å². The molecule has 0 aliphatic heterocycles. The molecule has 0 unspecified atom stereocenters. The monoisotopic (exact) mass is 563 g/mol. The number of ether oxygens (including phenoxy) is 1. The number of hydrogen-bond donors (Lipinski definition) is 1. The molecule has 0 saturated carbocycles. The molecule has 10 heteroatoms. The molecule has 1 amide bonds. The molecule has 2 aromatic heterocycles. The van der Waals surface area contributed by atoms with Gasteiger partial charge in [0.15, 0.2) is 10.9 Å². The Hall–Kier alpha value is -4.57. The maximum Gasteiger partial charge on any atom is 0.416 e. The van der Waals surface area contributed by atoms with Crippen molar-refractivity contribution in [1.29, 1.82) is 0 Å². The molecule has 0 aliphatic rings. The van der Waals surface area contributed by atoms with Crippen molar-refractivity contribution in [1.82, 2.24) is 10.3 Å². The summed E-state index contributed by atoms with van der Waals surface area (Å²) in [6, 6.07) is 25.4. The predicted octanol–water partition coefficient (Wildman–Crippen LogP) is 7.70. The zero-order chi connectivity index (χ0) is 28.1. The Labute approximate surface area is 232 Å². The molecule has 0 saturated heterocycles. The lowest BCUT2D eigenvalue weighted by atomic mass is 10.1. The van der Waals surface area contributed by atoms with Crippen molar-refractivity contribution < 1.29 is 27.1 Å². The fourth-order valence-corrected chi connectivity index (χ4v) is 4.95. The van der Waals surface area contributed by atoms with Gasteiger partial charge in [-0.2, -0.15) is 13.2 Å². The van der Waals surface area contributed by atoms with Crippen LogP contribution >= 0.6 is 11.3 Å².